The molecular formula is C14H19N3O3. The first kappa shape index (κ1) is 14.3. The number of carbonyl (C=O) groups excluding carboxylic acids is 2. The summed E-state index contributed by atoms with van der Waals surface area (Å²) in [6, 6.07) is 3.06. The zero-order valence-electron chi connectivity index (χ0n) is 11.5. The third-order valence-electron chi connectivity index (χ3n) is 3.11. The number of piperazine rings is 1. The Kier molecular flexibility index (Phi) is 4.95. The molecule has 0 saturated carbocycles. The van der Waals surface area contributed by atoms with Gasteiger partial charge in [-0.25, -0.2) is 0 Å². The lowest BCUT2D eigenvalue weighted by atomic mass is 10.1. The summed E-state index contributed by atoms with van der Waals surface area (Å²) in [6.07, 6.45) is 4.60. The predicted octanol–water partition coefficient (Wildman–Crippen LogP) is 0.229. The van der Waals surface area contributed by atoms with Crippen molar-refractivity contribution in [2.45, 2.75) is 13.0 Å². The van der Waals surface area contributed by atoms with Gasteiger partial charge in [-0.15, -0.1) is 0 Å². The van der Waals surface area contributed by atoms with Gasteiger partial charge in [0.2, 0.25) is 11.8 Å². The highest BCUT2D eigenvalue weighted by Gasteiger charge is 2.30. The molecule has 2 amide bonds. The van der Waals surface area contributed by atoms with Gasteiger partial charge in [-0.05, 0) is 25.1 Å². The molecule has 108 valence electrons. The summed E-state index contributed by atoms with van der Waals surface area (Å²) in [5, 5.41) is 5.89. The van der Waals surface area contributed by atoms with Crippen molar-refractivity contribution in [3.05, 3.63) is 30.2 Å². The van der Waals surface area contributed by atoms with Crippen LogP contribution in [0.4, 0.5) is 0 Å². The fourth-order valence-corrected chi connectivity index (χ4v) is 2.13. The minimum Gasteiger partial charge on any atom is -0.465 e. The first-order chi connectivity index (χ1) is 9.72. The monoisotopic (exact) mass is 277 g/mol. The average molecular weight is 277 g/mol. The number of amides is 2. The Morgan fingerprint density at radius 3 is 3.15 bits per heavy atom. The van der Waals surface area contributed by atoms with Gasteiger partial charge in [0.15, 0.2) is 0 Å². The van der Waals surface area contributed by atoms with E-state index < -0.39 is 6.04 Å². The van der Waals surface area contributed by atoms with Crippen LogP contribution in [0.5, 0.6) is 0 Å². The SMILES string of the molecule is CCNC(=O)C1CNCCN1C(=O)C=Cc1ccco1. The van der Waals surface area contributed by atoms with Gasteiger partial charge in [0.25, 0.3) is 0 Å². The Labute approximate surface area is 117 Å². The summed E-state index contributed by atoms with van der Waals surface area (Å²) in [6.45, 7) is 4.10. The van der Waals surface area contributed by atoms with E-state index in [-0.39, 0.29) is 11.8 Å². The molecule has 0 radical (unpaired) electrons. The number of furan rings is 1. The van der Waals surface area contributed by atoms with Crippen LogP contribution >= 0.6 is 0 Å². The molecule has 1 unspecified atom stereocenters. The Hall–Kier alpha value is -2.08. The van der Waals surface area contributed by atoms with E-state index >= 15 is 0 Å². The quantitative estimate of drug-likeness (QED) is 0.773. The summed E-state index contributed by atoms with van der Waals surface area (Å²) >= 11 is 0. The van der Waals surface area contributed by atoms with Crippen molar-refractivity contribution in [2.24, 2.45) is 0 Å². The Bertz CT molecular complexity index is 482. The molecular weight excluding hydrogens is 258 g/mol. The highest BCUT2D eigenvalue weighted by Crippen LogP contribution is 2.08. The molecule has 6 nitrogen and oxygen atoms in total. The normalized spacial score (nSPS) is 19.2. The van der Waals surface area contributed by atoms with Gasteiger partial charge >= 0.3 is 0 Å². The number of likely N-dealkylation sites (N-methyl/N-ethyl adjacent to an activating group) is 1. The molecule has 0 aliphatic carbocycles. The third-order valence-corrected chi connectivity index (χ3v) is 3.11. The molecule has 1 saturated heterocycles. The van der Waals surface area contributed by atoms with Crippen LogP contribution in [0.3, 0.4) is 0 Å². The summed E-state index contributed by atoms with van der Waals surface area (Å²) < 4.78 is 5.13. The van der Waals surface area contributed by atoms with Crippen LogP contribution in [0.2, 0.25) is 0 Å². The van der Waals surface area contributed by atoms with Crippen LogP contribution < -0.4 is 10.6 Å². The lowest BCUT2D eigenvalue weighted by Crippen LogP contribution is -2.59. The van der Waals surface area contributed by atoms with Crippen LogP contribution in [-0.4, -0.2) is 48.9 Å². The van der Waals surface area contributed by atoms with Crippen molar-refractivity contribution in [2.75, 3.05) is 26.2 Å². The maximum Gasteiger partial charge on any atom is 0.247 e. The molecule has 1 aromatic heterocycles. The lowest BCUT2D eigenvalue weighted by molar-refractivity contribution is -0.138. The van der Waals surface area contributed by atoms with Crippen LogP contribution in [0.15, 0.2) is 28.9 Å². The van der Waals surface area contributed by atoms with Crippen molar-refractivity contribution in [3.8, 4) is 0 Å². The first-order valence-electron chi connectivity index (χ1n) is 6.73. The van der Waals surface area contributed by atoms with E-state index in [1.54, 1.807) is 29.4 Å². The standard InChI is InChI=1S/C14H19N3O3/c1-2-16-14(19)12-10-15-7-8-17(12)13(18)6-5-11-4-3-9-20-11/h3-6,9,12,15H,2,7-8,10H2,1H3,(H,16,19). The van der Waals surface area contributed by atoms with E-state index in [0.717, 1.165) is 0 Å². The fourth-order valence-electron chi connectivity index (χ4n) is 2.13. The highest BCUT2D eigenvalue weighted by molar-refractivity contribution is 5.95. The molecule has 0 aromatic carbocycles. The number of nitrogens with zero attached hydrogens (tertiary/aromatic N) is 1. The van der Waals surface area contributed by atoms with E-state index in [4.69, 9.17) is 4.42 Å². The van der Waals surface area contributed by atoms with Crippen LogP contribution in [0, 0.1) is 0 Å². The zero-order valence-corrected chi connectivity index (χ0v) is 11.5. The van der Waals surface area contributed by atoms with Crippen LogP contribution in [0.25, 0.3) is 6.08 Å². The van der Waals surface area contributed by atoms with Crippen molar-refractivity contribution in [1.29, 1.82) is 0 Å². The molecule has 1 fully saturated rings. The second-order valence-corrected chi connectivity index (χ2v) is 4.49. The van der Waals surface area contributed by atoms with E-state index in [1.807, 2.05) is 6.92 Å². The molecule has 20 heavy (non-hydrogen) atoms. The Morgan fingerprint density at radius 1 is 1.60 bits per heavy atom. The van der Waals surface area contributed by atoms with Crippen molar-refractivity contribution in [1.82, 2.24) is 15.5 Å². The summed E-state index contributed by atoms with van der Waals surface area (Å²) in [5.74, 6) is 0.307. The maximum absolute atomic E-state index is 12.2. The zero-order chi connectivity index (χ0) is 14.4. The van der Waals surface area contributed by atoms with Gasteiger partial charge in [0, 0.05) is 32.3 Å². The first-order valence-corrected chi connectivity index (χ1v) is 6.73. The summed E-state index contributed by atoms with van der Waals surface area (Å²) in [5.41, 5.74) is 0. The van der Waals surface area contributed by atoms with Crippen LogP contribution in [-0.2, 0) is 9.59 Å². The smallest absolute Gasteiger partial charge is 0.247 e. The molecule has 0 spiro atoms. The fraction of sp³-hybridized carbons (Fsp3) is 0.429. The molecule has 1 aliphatic heterocycles. The van der Waals surface area contributed by atoms with Crippen LogP contribution in [0.1, 0.15) is 12.7 Å². The molecule has 0 bridgehead atoms. The largest absolute Gasteiger partial charge is 0.465 e. The Morgan fingerprint density at radius 2 is 2.45 bits per heavy atom. The second kappa shape index (κ2) is 6.91. The molecule has 1 aliphatic rings. The number of carbonyl (C=O) groups is 2. The van der Waals surface area contributed by atoms with E-state index in [0.29, 0.717) is 31.9 Å². The predicted molar refractivity (Wildman–Crippen MR) is 74.8 cm³/mol. The number of hydrogen-bond donors (Lipinski definition) is 2. The van der Waals surface area contributed by atoms with Gasteiger partial charge < -0.3 is 20.0 Å². The average Bonchev–Trinajstić information content (AvgIpc) is 2.98. The Balaban J connectivity index is 2.03. The second-order valence-electron chi connectivity index (χ2n) is 4.49. The highest BCUT2D eigenvalue weighted by atomic mass is 16.3. The van der Waals surface area contributed by atoms with E-state index in [1.165, 1.54) is 6.08 Å². The van der Waals surface area contributed by atoms with Gasteiger partial charge in [0.05, 0.1) is 6.26 Å². The minimum absolute atomic E-state index is 0.126. The summed E-state index contributed by atoms with van der Waals surface area (Å²) in [4.78, 5) is 25.7. The topological polar surface area (TPSA) is 74.6 Å². The van der Waals surface area contributed by atoms with Crippen molar-refractivity contribution < 1.29 is 14.0 Å². The van der Waals surface area contributed by atoms with Crippen molar-refractivity contribution >= 4 is 17.9 Å². The van der Waals surface area contributed by atoms with Gasteiger partial charge in [0.1, 0.15) is 11.8 Å². The van der Waals surface area contributed by atoms with E-state index in [2.05, 4.69) is 10.6 Å². The number of nitrogens with one attached hydrogen (secondary N) is 2. The third kappa shape index (κ3) is 3.48. The maximum atomic E-state index is 12.2. The summed E-state index contributed by atoms with van der Waals surface area (Å²) in [7, 11) is 0. The lowest BCUT2D eigenvalue weighted by Gasteiger charge is -2.34. The molecule has 2 heterocycles. The van der Waals surface area contributed by atoms with Gasteiger partial charge in [-0.3, -0.25) is 9.59 Å². The molecule has 6 heteroatoms. The number of rotatable bonds is 4. The molecule has 2 rings (SSSR count). The number of hydrogen-bond acceptors (Lipinski definition) is 4. The van der Waals surface area contributed by atoms with Crippen molar-refractivity contribution in [3.63, 3.8) is 0 Å². The van der Waals surface area contributed by atoms with Gasteiger partial charge in [-0.1, -0.05) is 0 Å². The minimum atomic E-state index is -0.461. The van der Waals surface area contributed by atoms with Gasteiger partial charge in [-0.2, -0.15) is 0 Å². The molecule has 1 atom stereocenters. The molecule has 1 aromatic rings. The van der Waals surface area contributed by atoms with E-state index in [9.17, 15) is 9.59 Å². The molecule has 2 N–H and O–H groups in total.